The van der Waals surface area contributed by atoms with Gasteiger partial charge in [-0.15, -0.1) is 0 Å². The molecule has 0 amide bonds. The second-order valence-electron chi connectivity index (χ2n) is 5.29. The van der Waals surface area contributed by atoms with Crippen molar-refractivity contribution in [2.75, 3.05) is 0 Å². The summed E-state index contributed by atoms with van der Waals surface area (Å²) in [5.74, 6) is -0.156. The zero-order valence-corrected chi connectivity index (χ0v) is 14.3. The molecular formula is C14H12N2O7S2. The van der Waals surface area contributed by atoms with Crippen LogP contribution in [0.1, 0.15) is 5.69 Å². The van der Waals surface area contributed by atoms with Gasteiger partial charge in [0.05, 0.1) is 11.9 Å². The van der Waals surface area contributed by atoms with E-state index < -0.39 is 30.0 Å². The minimum atomic E-state index is -4.71. The zero-order chi connectivity index (χ0) is 18.6. The van der Waals surface area contributed by atoms with Crippen LogP contribution in [-0.2, 0) is 20.2 Å². The monoisotopic (exact) mass is 384 g/mol. The first kappa shape index (κ1) is 17.4. The maximum atomic E-state index is 11.7. The molecule has 0 bridgehead atoms. The summed E-state index contributed by atoms with van der Waals surface area (Å²) in [5.41, 5.74) is 0.330. The summed E-state index contributed by atoms with van der Waals surface area (Å²) >= 11 is 0. The summed E-state index contributed by atoms with van der Waals surface area (Å²) in [6.45, 7) is 1.51. The van der Waals surface area contributed by atoms with Gasteiger partial charge in [-0.05, 0) is 25.1 Å². The van der Waals surface area contributed by atoms with Crippen LogP contribution in [0.15, 0.2) is 46.3 Å². The number of aryl methyl sites for hydroxylation is 1. The van der Waals surface area contributed by atoms with E-state index in [1.54, 1.807) is 0 Å². The van der Waals surface area contributed by atoms with Gasteiger partial charge in [0.25, 0.3) is 20.2 Å². The highest BCUT2D eigenvalue weighted by molar-refractivity contribution is 7.86. The van der Waals surface area contributed by atoms with Crippen LogP contribution in [-0.4, -0.2) is 40.8 Å². The van der Waals surface area contributed by atoms with Crippen LogP contribution in [0, 0.1) is 6.92 Å². The molecule has 3 rings (SSSR count). The van der Waals surface area contributed by atoms with Gasteiger partial charge in [-0.1, -0.05) is 12.1 Å². The number of aromatic hydroxyl groups is 1. The third-order valence-electron chi connectivity index (χ3n) is 3.60. The van der Waals surface area contributed by atoms with Crippen molar-refractivity contribution < 1.29 is 31.0 Å². The molecule has 9 nitrogen and oxygen atoms in total. The SMILES string of the molecule is Cc1nn(-c2cc(S(=O)(=O)O)c3cccc(S(=O)(=O)O)c3c2)cc1O. The third kappa shape index (κ3) is 3.09. The van der Waals surface area contributed by atoms with Crippen LogP contribution in [0.5, 0.6) is 5.75 Å². The van der Waals surface area contributed by atoms with Gasteiger partial charge in [0, 0.05) is 10.8 Å². The van der Waals surface area contributed by atoms with Crippen LogP contribution in [0.4, 0.5) is 0 Å². The van der Waals surface area contributed by atoms with E-state index in [9.17, 15) is 31.0 Å². The lowest BCUT2D eigenvalue weighted by molar-refractivity contribution is 0.471. The molecule has 3 N–H and O–H groups in total. The Kier molecular flexibility index (Phi) is 3.84. The zero-order valence-electron chi connectivity index (χ0n) is 12.6. The molecule has 0 unspecified atom stereocenters. The van der Waals surface area contributed by atoms with Crippen molar-refractivity contribution in [3.8, 4) is 11.4 Å². The molecule has 1 aromatic heterocycles. The van der Waals surface area contributed by atoms with Crippen molar-refractivity contribution in [3.63, 3.8) is 0 Å². The molecule has 0 spiro atoms. The van der Waals surface area contributed by atoms with Gasteiger partial charge < -0.3 is 5.11 Å². The molecule has 25 heavy (non-hydrogen) atoms. The molecule has 11 heteroatoms. The van der Waals surface area contributed by atoms with Gasteiger partial charge in [-0.2, -0.15) is 21.9 Å². The maximum Gasteiger partial charge on any atom is 0.295 e. The predicted octanol–water partition coefficient (Wildman–Crippen LogP) is 1.53. The maximum absolute atomic E-state index is 11.7. The van der Waals surface area contributed by atoms with Gasteiger partial charge >= 0.3 is 0 Å². The Hall–Kier alpha value is -2.47. The normalized spacial score (nSPS) is 12.6. The second-order valence-corrected chi connectivity index (χ2v) is 8.07. The van der Waals surface area contributed by atoms with Crippen molar-refractivity contribution in [2.24, 2.45) is 0 Å². The highest BCUT2D eigenvalue weighted by atomic mass is 32.2. The highest BCUT2D eigenvalue weighted by Crippen LogP contribution is 2.31. The number of aromatic nitrogens is 2. The Morgan fingerprint density at radius 1 is 0.960 bits per heavy atom. The lowest BCUT2D eigenvalue weighted by atomic mass is 10.1. The summed E-state index contributed by atoms with van der Waals surface area (Å²) in [6, 6.07) is 5.99. The standard InChI is InChI=1S/C14H12N2O7S2/c1-8-12(17)7-16(15-8)9-5-11-10(14(6-9)25(21,22)23)3-2-4-13(11)24(18,19)20/h2-7,17H,1H3,(H,18,19,20)(H,21,22,23). The molecule has 0 aliphatic heterocycles. The largest absolute Gasteiger partial charge is 0.504 e. The summed E-state index contributed by atoms with van der Waals surface area (Å²) in [5, 5.41) is 13.4. The van der Waals surface area contributed by atoms with E-state index in [0.717, 1.165) is 16.8 Å². The predicted molar refractivity (Wildman–Crippen MR) is 87.1 cm³/mol. The fourth-order valence-corrected chi connectivity index (χ4v) is 3.89. The average Bonchev–Trinajstić information content (AvgIpc) is 2.83. The topological polar surface area (TPSA) is 147 Å². The number of rotatable bonds is 3. The second kappa shape index (κ2) is 5.52. The lowest BCUT2D eigenvalue weighted by Gasteiger charge is -2.11. The Morgan fingerprint density at radius 3 is 2.12 bits per heavy atom. The molecule has 0 aliphatic carbocycles. The van der Waals surface area contributed by atoms with Crippen LogP contribution in [0.25, 0.3) is 16.5 Å². The highest BCUT2D eigenvalue weighted by Gasteiger charge is 2.22. The molecule has 0 saturated carbocycles. The van der Waals surface area contributed by atoms with E-state index >= 15 is 0 Å². The molecule has 0 atom stereocenters. The quantitative estimate of drug-likeness (QED) is 0.576. The fraction of sp³-hybridized carbons (Fsp3) is 0.0714. The van der Waals surface area contributed by atoms with Gasteiger partial charge in [0.1, 0.15) is 15.5 Å². The van der Waals surface area contributed by atoms with Crippen LogP contribution < -0.4 is 0 Å². The summed E-state index contributed by atoms with van der Waals surface area (Å²) in [7, 11) is -9.35. The van der Waals surface area contributed by atoms with Gasteiger partial charge in [-0.25, -0.2) is 4.68 Å². The molecule has 1 heterocycles. The van der Waals surface area contributed by atoms with Crippen molar-refractivity contribution in [3.05, 3.63) is 42.2 Å². The van der Waals surface area contributed by atoms with Crippen molar-refractivity contribution >= 4 is 31.0 Å². The van der Waals surface area contributed by atoms with Crippen molar-refractivity contribution in [2.45, 2.75) is 16.7 Å². The number of nitrogens with zero attached hydrogens (tertiary/aromatic N) is 2. The first-order chi connectivity index (χ1) is 11.5. The van der Waals surface area contributed by atoms with Crippen molar-refractivity contribution in [1.29, 1.82) is 0 Å². The smallest absolute Gasteiger partial charge is 0.295 e. The minimum Gasteiger partial charge on any atom is -0.504 e. The van der Waals surface area contributed by atoms with Gasteiger partial charge in [0.15, 0.2) is 5.75 Å². The molecule has 0 aliphatic rings. The summed E-state index contributed by atoms with van der Waals surface area (Å²) in [4.78, 5) is -1.08. The first-order valence-corrected chi connectivity index (χ1v) is 9.64. The van der Waals surface area contributed by atoms with Gasteiger partial charge in [-0.3, -0.25) is 9.11 Å². The Labute approximate surface area is 142 Å². The summed E-state index contributed by atoms with van der Waals surface area (Å²) in [6.07, 6.45) is 1.19. The average molecular weight is 384 g/mol. The Bertz CT molecular complexity index is 1190. The van der Waals surface area contributed by atoms with E-state index in [1.165, 1.54) is 31.3 Å². The number of hydrogen-bond acceptors (Lipinski definition) is 6. The number of benzene rings is 2. The van der Waals surface area contributed by atoms with E-state index in [4.69, 9.17) is 0 Å². The van der Waals surface area contributed by atoms with Crippen LogP contribution in [0.3, 0.4) is 0 Å². The Balaban J connectivity index is 2.49. The van der Waals surface area contributed by atoms with E-state index in [-0.39, 0.29) is 27.9 Å². The molecule has 0 fully saturated rings. The summed E-state index contributed by atoms with van der Waals surface area (Å²) < 4.78 is 66.7. The lowest BCUT2D eigenvalue weighted by Crippen LogP contribution is -2.05. The van der Waals surface area contributed by atoms with E-state index in [0.29, 0.717) is 0 Å². The minimum absolute atomic E-state index is 0.0691. The molecule has 0 radical (unpaired) electrons. The number of hydrogen-bond donors (Lipinski definition) is 3. The Morgan fingerprint density at radius 2 is 1.60 bits per heavy atom. The molecule has 3 aromatic rings. The van der Waals surface area contributed by atoms with Crippen LogP contribution in [0.2, 0.25) is 0 Å². The van der Waals surface area contributed by atoms with E-state index in [2.05, 4.69) is 5.10 Å². The van der Waals surface area contributed by atoms with Crippen molar-refractivity contribution in [1.82, 2.24) is 9.78 Å². The molecule has 2 aromatic carbocycles. The third-order valence-corrected chi connectivity index (χ3v) is 5.40. The van der Waals surface area contributed by atoms with E-state index in [1.807, 2.05) is 0 Å². The fourth-order valence-electron chi connectivity index (χ4n) is 2.46. The molecule has 132 valence electrons. The van der Waals surface area contributed by atoms with Crippen LogP contribution >= 0.6 is 0 Å². The molecular weight excluding hydrogens is 372 g/mol. The van der Waals surface area contributed by atoms with Gasteiger partial charge in [0.2, 0.25) is 0 Å². The first-order valence-electron chi connectivity index (χ1n) is 6.76. The number of fused-ring (bicyclic) bond motifs is 1. The molecule has 0 saturated heterocycles.